The Morgan fingerprint density at radius 2 is 1.83 bits per heavy atom. The number of pyridine rings is 1. The number of fused-ring (bicyclic) bond motifs is 1. The van der Waals surface area contributed by atoms with Crippen LogP contribution in [0.4, 0.5) is 0 Å². The number of benzene rings is 2. The van der Waals surface area contributed by atoms with Crippen LogP contribution >= 0.6 is 0 Å². The van der Waals surface area contributed by atoms with Gasteiger partial charge in [0.1, 0.15) is 17.1 Å². The molecule has 4 aromatic rings. The molecule has 0 radical (unpaired) electrons. The van der Waals surface area contributed by atoms with Crippen LogP contribution < -0.4 is 4.74 Å². The second-order valence-electron chi connectivity index (χ2n) is 5.57. The minimum absolute atomic E-state index is 0.744. The zero-order valence-corrected chi connectivity index (χ0v) is 13.4. The molecular formula is C20H17N3O. The number of imidazole rings is 1. The van der Waals surface area contributed by atoms with Gasteiger partial charge < -0.3 is 4.74 Å². The van der Waals surface area contributed by atoms with Crippen molar-refractivity contribution in [2.45, 2.75) is 6.42 Å². The number of hydrogen-bond acceptors (Lipinski definition) is 3. The molecule has 0 aliphatic rings. The maximum atomic E-state index is 5.37. The van der Waals surface area contributed by atoms with Crippen LogP contribution in [0.5, 0.6) is 5.75 Å². The minimum atomic E-state index is 0.744. The highest BCUT2D eigenvalue weighted by molar-refractivity contribution is 5.74. The first-order valence-electron chi connectivity index (χ1n) is 7.86. The van der Waals surface area contributed by atoms with E-state index < -0.39 is 0 Å². The van der Waals surface area contributed by atoms with Crippen molar-refractivity contribution in [3.05, 3.63) is 84.3 Å². The van der Waals surface area contributed by atoms with Crippen LogP contribution in [0.15, 0.2) is 72.9 Å². The van der Waals surface area contributed by atoms with Crippen molar-refractivity contribution < 1.29 is 4.74 Å². The molecule has 2 aromatic carbocycles. The highest BCUT2D eigenvalue weighted by Crippen LogP contribution is 2.24. The molecule has 24 heavy (non-hydrogen) atoms. The Hall–Kier alpha value is -3.14. The third-order valence-corrected chi connectivity index (χ3v) is 4.00. The number of hydrogen-bond donors (Lipinski definition) is 0. The fourth-order valence-corrected chi connectivity index (χ4v) is 2.88. The zero-order valence-electron chi connectivity index (χ0n) is 13.4. The van der Waals surface area contributed by atoms with Crippen LogP contribution in [-0.2, 0) is 6.42 Å². The van der Waals surface area contributed by atoms with Crippen LogP contribution in [0.3, 0.4) is 0 Å². The zero-order chi connectivity index (χ0) is 16.4. The van der Waals surface area contributed by atoms with E-state index in [-0.39, 0.29) is 0 Å². The highest BCUT2D eigenvalue weighted by atomic mass is 16.5. The number of nitrogens with zero attached hydrogens (tertiary/aromatic N) is 3. The van der Waals surface area contributed by atoms with Crippen LogP contribution in [0.2, 0.25) is 0 Å². The van der Waals surface area contributed by atoms with Gasteiger partial charge in [-0.1, -0.05) is 36.4 Å². The van der Waals surface area contributed by atoms with Gasteiger partial charge in [0.15, 0.2) is 5.65 Å². The van der Waals surface area contributed by atoms with Gasteiger partial charge in [-0.15, -0.1) is 0 Å². The summed E-state index contributed by atoms with van der Waals surface area (Å²) in [5.74, 6) is 1.78. The molecule has 0 spiro atoms. The Labute approximate surface area is 140 Å². The summed E-state index contributed by atoms with van der Waals surface area (Å²) in [5.41, 5.74) is 3.97. The third kappa shape index (κ3) is 2.63. The summed E-state index contributed by atoms with van der Waals surface area (Å²) in [5, 5.41) is 0. The van der Waals surface area contributed by atoms with Gasteiger partial charge in [-0.2, -0.15) is 0 Å². The molecule has 4 rings (SSSR count). The monoisotopic (exact) mass is 315 g/mol. The fraction of sp³-hybridized carbons (Fsp3) is 0.100. The second-order valence-corrected chi connectivity index (χ2v) is 5.57. The van der Waals surface area contributed by atoms with Crippen LogP contribution in [0, 0.1) is 0 Å². The number of rotatable bonds is 4. The molecule has 0 aliphatic heterocycles. The molecule has 4 nitrogen and oxygen atoms in total. The molecule has 0 amide bonds. The molecule has 0 N–H and O–H groups in total. The van der Waals surface area contributed by atoms with Crippen molar-refractivity contribution in [2.75, 3.05) is 7.11 Å². The molecule has 0 saturated heterocycles. The summed E-state index contributed by atoms with van der Waals surface area (Å²) in [4.78, 5) is 9.33. The predicted molar refractivity (Wildman–Crippen MR) is 94.7 cm³/mol. The molecule has 0 saturated carbocycles. The molecular weight excluding hydrogens is 298 g/mol. The van der Waals surface area contributed by atoms with Crippen molar-refractivity contribution in [2.24, 2.45) is 0 Å². The lowest BCUT2D eigenvalue weighted by Crippen LogP contribution is -2.03. The lowest BCUT2D eigenvalue weighted by molar-refractivity contribution is 0.414. The summed E-state index contributed by atoms with van der Waals surface area (Å²) in [7, 11) is 1.67. The lowest BCUT2D eigenvalue weighted by atomic mass is 10.1. The van der Waals surface area contributed by atoms with Gasteiger partial charge in [-0.25, -0.2) is 9.97 Å². The normalized spacial score (nSPS) is 10.9. The largest absolute Gasteiger partial charge is 0.497 e. The number of aromatic nitrogens is 3. The summed E-state index contributed by atoms with van der Waals surface area (Å²) < 4.78 is 7.47. The molecule has 4 heteroatoms. The first-order valence-corrected chi connectivity index (χ1v) is 7.86. The Morgan fingerprint density at radius 3 is 2.67 bits per heavy atom. The van der Waals surface area contributed by atoms with Crippen molar-refractivity contribution >= 4 is 11.2 Å². The Balaban J connectivity index is 1.89. The maximum absolute atomic E-state index is 5.37. The Kier molecular flexibility index (Phi) is 3.71. The summed E-state index contributed by atoms with van der Waals surface area (Å²) >= 11 is 0. The van der Waals surface area contributed by atoms with E-state index in [0.717, 1.165) is 34.8 Å². The van der Waals surface area contributed by atoms with Gasteiger partial charge in [0.25, 0.3) is 0 Å². The van der Waals surface area contributed by atoms with E-state index in [4.69, 9.17) is 9.72 Å². The molecule has 0 atom stereocenters. The lowest BCUT2D eigenvalue weighted by Gasteiger charge is -2.10. The maximum Gasteiger partial charge on any atom is 0.164 e. The van der Waals surface area contributed by atoms with Gasteiger partial charge in [-0.3, -0.25) is 4.57 Å². The van der Waals surface area contributed by atoms with Crippen LogP contribution in [0.1, 0.15) is 11.4 Å². The van der Waals surface area contributed by atoms with Gasteiger partial charge >= 0.3 is 0 Å². The smallest absolute Gasteiger partial charge is 0.164 e. The van der Waals surface area contributed by atoms with E-state index in [0.29, 0.717) is 0 Å². The number of methoxy groups -OCH3 is 1. The fourth-order valence-electron chi connectivity index (χ4n) is 2.88. The molecule has 2 aromatic heterocycles. The average molecular weight is 315 g/mol. The van der Waals surface area contributed by atoms with Gasteiger partial charge in [0.2, 0.25) is 0 Å². The summed E-state index contributed by atoms with van der Waals surface area (Å²) in [6, 6.07) is 22.2. The highest BCUT2D eigenvalue weighted by Gasteiger charge is 2.14. The van der Waals surface area contributed by atoms with E-state index in [1.807, 2.05) is 54.6 Å². The topological polar surface area (TPSA) is 39.9 Å². The van der Waals surface area contributed by atoms with E-state index >= 15 is 0 Å². The predicted octanol–water partition coefficient (Wildman–Crippen LogP) is 4.02. The molecule has 0 aliphatic carbocycles. The Morgan fingerprint density at radius 1 is 0.958 bits per heavy atom. The van der Waals surface area contributed by atoms with Crippen molar-refractivity contribution in [1.82, 2.24) is 14.5 Å². The molecule has 0 unspecified atom stereocenters. The van der Waals surface area contributed by atoms with Gasteiger partial charge in [0, 0.05) is 18.7 Å². The summed E-state index contributed by atoms with van der Waals surface area (Å²) in [6.07, 6.45) is 2.54. The van der Waals surface area contributed by atoms with E-state index in [1.54, 1.807) is 13.3 Å². The van der Waals surface area contributed by atoms with E-state index in [9.17, 15) is 0 Å². The number of ether oxygens (including phenoxy) is 1. The first kappa shape index (κ1) is 14.5. The molecule has 0 bridgehead atoms. The first-order chi connectivity index (χ1) is 11.8. The van der Waals surface area contributed by atoms with E-state index in [2.05, 4.69) is 21.7 Å². The summed E-state index contributed by atoms with van der Waals surface area (Å²) in [6.45, 7) is 0. The Bertz CT molecular complexity index is 977. The van der Waals surface area contributed by atoms with Crippen molar-refractivity contribution in [3.63, 3.8) is 0 Å². The van der Waals surface area contributed by atoms with Crippen LogP contribution in [-0.4, -0.2) is 21.6 Å². The standard InChI is InChI=1S/C20H17N3O/c1-24-17-10-5-9-16(14-17)23-19(13-15-7-3-2-4-8-15)22-18-11-6-12-21-20(18)23/h2-12,14H,13H2,1H3. The SMILES string of the molecule is COc1cccc(-n2c(Cc3ccccc3)nc3cccnc32)c1. The molecule has 2 heterocycles. The van der Waals surface area contributed by atoms with E-state index in [1.165, 1.54) is 5.56 Å². The van der Waals surface area contributed by atoms with Gasteiger partial charge in [-0.05, 0) is 29.8 Å². The average Bonchev–Trinajstić information content (AvgIpc) is 3.00. The third-order valence-electron chi connectivity index (χ3n) is 4.00. The molecule has 118 valence electrons. The minimum Gasteiger partial charge on any atom is -0.497 e. The quantitative estimate of drug-likeness (QED) is 0.571. The second kappa shape index (κ2) is 6.16. The van der Waals surface area contributed by atoms with Crippen molar-refractivity contribution in [3.8, 4) is 11.4 Å². The van der Waals surface area contributed by atoms with Crippen LogP contribution in [0.25, 0.3) is 16.9 Å². The van der Waals surface area contributed by atoms with Gasteiger partial charge in [0.05, 0.1) is 12.8 Å². The van der Waals surface area contributed by atoms with Crippen molar-refractivity contribution in [1.29, 1.82) is 0 Å². The molecule has 0 fully saturated rings.